The number of piperidine rings is 1. The molecule has 0 aliphatic carbocycles. The Morgan fingerprint density at radius 1 is 1.12 bits per heavy atom. The highest BCUT2D eigenvalue weighted by atomic mass is 16.2. The van der Waals surface area contributed by atoms with Gasteiger partial charge in [0.2, 0.25) is 5.91 Å². The van der Waals surface area contributed by atoms with Crippen molar-refractivity contribution < 1.29 is 4.79 Å². The monoisotopic (exact) mass is 331 g/mol. The molecule has 1 aromatic heterocycles. The molecule has 3 heterocycles. The van der Waals surface area contributed by atoms with E-state index in [0.29, 0.717) is 6.04 Å². The van der Waals surface area contributed by atoms with Crippen LogP contribution >= 0.6 is 0 Å². The minimum Gasteiger partial charge on any atom is -0.367 e. The summed E-state index contributed by atoms with van der Waals surface area (Å²) in [5.41, 5.74) is 1.24. The molecule has 0 radical (unpaired) electrons. The van der Waals surface area contributed by atoms with Crippen molar-refractivity contribution in [3.8, 4) is 0 Å². The summed E-state index contributed by atoms with van der Waals surface area (Å²) in [5, 5.41) is 3.58. The first-order valence-electron chi connectivity index (χ1n) is 8.95. The van der Waals surface area contributed by atoms with Gasteiger partial charge >= 0.3 is 0 Å². The lowest BCUT2D eigenvalue weighted by molar-refractivity contribution is -0.129. The molecule has 2 fully saturated rings. The molecule has 0 atom stereocenters. The lowest BCUT2D eigenvalue weighted by Gasteiger charge is -2.34. The fourth-order valence-electron chi connectivity index (χ4n) is 3.47. The maximum atomic E-state index is 11.4. The number of anilines is 2. The number of piperazine rings is 1. The van der Waals surface area contributed by atoms with Crippen LogP contribution in [0.2, 0.25) is 0 Å². The zero-order chi connectivity index (χ0) is 17.1. The first kappa shape index (κ1) is 17.0. The molecular weight excluding hydrogens is 302 g/mol. The predicted octanol–water partition coefficient (Wildman–Crippen LogP) is 1.56. The highest BCUT2D eigenvalue weighted by Crippen LogP contribution is 2.21. The molecule has 3 rings (SSSR count). The van der Waals surface area contributed by atoms with Gasteiger partial charge in [0, 0.05) is 52.2 Å². The summed E-state index contributed by atoms with van der Waals surface area (Å²) in [7, 11) is 2.17. The number of rotatable bonds is 3. The van der Waals surface area contributed by atoms with Crippen LogP contribution in [0, 0.1) is 6.92 Å². The van der Waals surface area contributed by atoms with Gasteiger partial charge < -0.3 is 20.0 Å². The molecule has 1 aromatic rings. The van der Waals surface area contributed by atoms with Gasteiger partial charge in [-0.05, 0) is 44.5 Å². The van der Waals surface area contributed by atoms with Crippen molar-refractivity contribution in [3.63, 3.8) is 0 Å². The number of hydrogen-bond donors (Lipinski definition) is 1. The third-order valence-electron chi connectivity index (χ3n) is 5.08. The Balaban J connectivity index is 1.63. The molecule has 2 saturated heterocycles. The van der Waals surface area contributed by atoms with Crippen LogP contribution < -0.4 is 10.2 Å². The number of likely N-dealkylation sites (N-methyl/N-ethyl adjacent to an activating group) is 1. The van der Waals surface area contributed by atoms with E-state index >= 15 is 0 Å². The van der Waals surface area contributed by atoms with Crippen LogP contribution in [-0.2, 0) is 4.79 Å². The first-order valence-corrected chi connectivity index (χ1v) is 8.95. The number of aryl methyl sites for hydroxylation is 1. The van der Waals surface area contributed by atoms with Crippen LogP contribution in [0.5, 0.6) is 0 Å². The van der Waals surface area contributed by atoms with E-state index in [1.807, 2.05) is 4.90 Å². The maximum absolute atomic E-state index is 11.4. The van der Waals surface area contributed by atoms with Crippen molar-refractivity contribution in [3.05, 3.63) is 17.7 Å². The number of hydrogen-bond acceptors (Lipinski definition) is 5. The minimum atomic E-state index is 0.180. The quantitative estimate of drug-likeness (QED) is 0.911. The Labute approximate surface area is 144 Å². The van der Waals surface area contributed by atoms with Crippen LogP contribution in [0.15, 0.2) is 12.1 Å². The fourth-order valence-corrected chi connectivity index (χ4v) is 3.47. The molecule has 2 aliphatic heterocycles. The van der Waals surface area contributed by atoms with Crippen LogP contribution in [0.25, 0.3) is 0 Å². The number of nitrogens with zero attached hydrogens (tertiary/aromatic N) is 4. The number of nitrogens with one attached hydrogen (secondary N) is 1. The maximum Gasteiger partial charge on any atom is 0.219 e. The Kier molecular flexibility index (Phi) is 5.23. The fraction of sp³-hybridized carbons (Fsp3) is 0.667. The van der Waals surface area contributed by atoms with Crippen LogP contribution in [0.4, 0.5) is 11.6 Å². The van der Waals surface area contributed by atoms with Crippen molar-refractivity contribution in [2.75, 3.05) is 56.5 Å². The second-order valence-corrected chi connectivity index (χ2v) is 7.10. The van der Waals surface area contributed by atoms with E-state index in [1.54, 1.807) is 6.92 Å². The summed E-state index contributed by atoms with van der Waals surface area (Å²) in [5.74, 6) is 2.22. The largest absolute Gasteiger partial charge is 0.367 e. The van der Waals surface area contributed by atoms with Gasteiger partial charge in [0.05, 0.1) is 0 Å². The van der Waals surface area contributed by atoms with Crippen molar-refractivity contribution in [1.82, 2.24) is 14.8 Å². The molecule has 0 spiro atoms. The van der Waals surface area contributed by atoms with E-state index in [2.05, 4.69) is 41.2 Å². The van der Waals surface area contributed by atoms with Gasteiger partial charge in [-0.3, -0.25) is 4.79 Å². The molecule has 0 saturated carbocycles. The first-order chi connectivity index (χ1) is 11.5. The molecule has 1 amide bonds. The Bertz CT molecular complexity index is 575. The lowest BCUT2D eigenvalue weighted by Crippen LogP contribution is -2.45. The average Bonchev–Trinajstić information content (AvgIpc) is 2.55. The van der Waals surface area contributed by atoms with E-state index in [4.69, 9.17) is 4.98 Å². The summed E-state index contributed by atoms with van der Waals surface area (Å²) in [6, 6.07) is 4.70. The summed E-state index contributed by atoms with van der Waals surface area (Å²) in [6.45, 7) is 9.69. The SMILES string of the molecule is CC(=O)N1CCC(Nc2cc(C)cc(N3CCN(C)CC3)n2)CC1. The van der Waals surface area contributed by atoms with Crippen LogP contribution in [0.3, 0.4) is 0 Å². The predicted molar refractivity (Wildman–Crippen MR) is 97.6 cm³/mol. The summed E-state index contributed by atoms with van der Waals surface area (Å²) in [6.07, 6.45) is 1.97. The third kappa shape index (κ3) is 4.17. The van der Waals surface area contributed by atoms with Crippen molar-refractivity contribution >= 4 is 17.5 Å². The number of carbonyl (C=O) groups is 1. The third-order valence-corrected chi connectivity index (χ3v) is 5.08. The molecule has 6 nitrogen and oxygen atoms in total. The molecule has 24 heavy (non-hydrogen) atoms. The van der Waals surface area contributed by atoms with Gasteiger partial charge in [-0.2, -0.15) is 0 Å². The van der Waals surface area contributed by atoms with E-state index in [-0.39, 0.29) is 5.91 Å². The van der Waals surface area contributed by atoms with Gasteiger partial charge in [0.15, 0.2) is 0 Å². The molecular formula is C18H29N5O. The number of likely N-dealkylation sites (tertiary alicyclic amines) is 1. The molecule has 1 N–H and O–H groups in total. The van der Waals surface area contributed by atoms with Crippen molar-refractivity contribution in [1.29, 1.82) is 0 Å². The molecule has 0 unspecified atom stereocenters. The van der Waals surface area contributed by atoms with Gasteiger partial charge in [-0.25, -0.2) is 4.98 Å². The summed E-state index contributed by atoms with van der Waals surface area (Å²) in [4.78, 5) is 22.9. The van der Waals surface area contributed by atoms with Crippen molar-refractivity contribution in [2.24, 2.45) is 0 Å². The topological polar surface area (TPSA) is 51.7 Å². The zero-order valence-electron chi connectivity index (χ0n) is 15.1. The highest BCUT2D eigenvalue weighted by Gasteiger charge is 2.21. The Morgan fingerprint density at radius 2 is 1.79 bits per heavy atom. The zero-order valence-corrected chi connectivity index (χ0v) is 15.1. The second-order valence-electron chi connectivity index (χ2n) is 7.10. The van der Waals surface area contributed by atoms with E-state index in [0.717, 1.165) is 63.7 Å². The molecule has 0 bridgehead atoms. The number of pyridine rings is 1. The highest BCUT2D eigenvalue weighted by molar-refractivity contribution is 5.73. The molecule has 2 aliphatic rings. The van der Waals surface area contributed by atoms with E-state index in [9.17, 15) is 4.79 Å². The normalized spacial score (nSPS) is 20.3. The smallest absolute Gasteiger partial charge is 0.219 e. The molecule has 132 valence electrons. The lowest BCUT2D eigenvalue weighted by atomic mass is 10.0. The number of carbonyl (C=O) groups excluding carboxylic acids is 1. The summed E-state index contributed by atoms with van der Waals surface area (Å²) >= 11 is 0. The standard InChI is InChI=1S/C18H29N5O/c1-14-12-17(19-16-4-6-22(7-5-16)15(2)24)20-18(13-14)23-10-8-21(3)9-11-23/h12-13,16H,4-11H2,1-3H3,(H,19,20). The number of aromatic nitrogens is 1. The van der Waals surface area contributed by atoms with Gasteiger partial charge in [-0.15, -0.1) is 0 Å². The Morgan fingerprint density at radius 3 is 2.42 bits per heavy atom. The minimum absolute atomic E-state index is 0.180. The second kappa shape index (κ2) is 7.38. The van der Waals surface area contributed by atoms with Crippen LogP contribution in [0.1, 0.15) is 25.3 Å². The molecule has 0 aromatic carbocycles. The van der Waals surface area contributed by atoms with Gasteiger partial charge in [-0.1, -0.05) is 0 Å². The van der Waals surface area contributed by atoms with Gasteiger partial charge in [0.25, 0.3) is 0 Å². The molecule has 6 heteroatoms. The van der Waals surface area contributed by atoms with E-state index in [1.165, 1.54) is 5.56 Å². The van der Waals surface area contributed by atoms with Gasteiger partial charge in [0.1, 0.15) is 11.6 Å². The number of amides is 1. The summed E-state index contributed by atoms with van der Waals surface area (Å²) < 4.78 is 0. The average molecular weight is 331 g/mol. The van der Waals surface area contributed by atoms with Crippen molar-refractivity contribution in [2.45, 2.75) is 32.7 Å². The van der Waals surface area contributed by atoms with Crippen LogP contribution in [-0.4, -0.2) is 73.0 Å². The van der Waals surface area contributed by atoms with E-state index < -0.39 is 0 Å². The Hall–Kier alpha value is -1.82.